The highest BCUT2D eigenvalue weighted by Crippen LogP contribution is 2.36. The van der Waals surface area contributed by atoms with Crippen LogP contribution in [0.25, 0.3) is 16.6 Å². The summed E-state index contributed by atoms with van der Waals surface area (Å²) in [6.45, 7) is 1.50. The van der Waals surface area contributed by atoms with Crippen molar-refractivity contribution in [3.05, 3.63) is 47.0 Å². The second kappa shape index (κ2) is 8.57. The monoisotopic (exact) mass is 434 g/mol. The lowest BCUT2D eigenvalue weighted by atomic mass is 10.1. The van der Waals surface area contributed by atoms with Gasteiger partial charge >= 0.3 is 5.97 Å². The Morgan fingerprint density at radius 3 is 2.97 bits per heavy atom. The van der Waals surface area contributed by atoms with Crippen LogP contribution in [0.5, 0.6) is 0 Å². The molecule has 1 aromatic carbocycles. The number of carboxylic acids is 1. The van der Waals surface area contributed by atoms with Crippen LogP contribution in [-0.4, -0.2) is 51.4 Å². The molecule has 0 bridgehead atoms. The highest BCUT2D eigenvalue weighted by molar-refractivity contribution is 6.45. The molecule has 152 valence electrons. The first-order valence-corrected chi connectivity index (χ1v) is 10.1. The van der Waals surface area contributed by atoms with Crippen molar-refractivity contribution in [1.29, 1.82) is 0 Å². The van der Waals surface area contributed by atoms with E-state index < -0.39 is 5.97 Å². The smallest absolute Gasteiger partial charge is 0.305 e. The zero-order valence-electron chi connectivity index (χ0n) is 15.6. The highest BCUT2D eigenvalue weighted by atomic mass is 35.5. The average Bonchev–Trinajstić information content (AvgIpc) is 3.39. The predicted octanol–water partition coefficient (Wildman–Crippen LogP) is 4.19. The number of hydrogen-bond donors (Lipinski definition) is 1. The number of benzene rings is 1. The number of aromatic nitrogens is 3. The summed E-state index contributed by atoms with van der Waals surface area (Å²) in [5, 5.41) is 10.5. The predicted molar refractivity (Wildman–Crippen MR) is 112 cm³/mol. The van der Waals surface area contributed by atoms with Crippen molar-refractivity contribution in [2.45, 2.75) is 25.3 Å². The van der Waals surface area contributed by atoms with Crippen molar-refractivity contribution < 1.29 is 14.6 Å². The summed E-state index contributed by atoms with van der Waals surface area (Å²) in [5.74, 6) is -0.0735. The fourth-order valence-corrected chi connectivity index (χ4v) is 4.01. The number of carboxylic acid groups (broad SMARTS) is 1. The summed E-state index contributed by atoms with van der Waals surface area (Å²) in [4.78, 5) is 21.9. The number of anilines is 1. The van der Waals surface area contributed by atoms with Gasteiger partial charge in [-0.25, -0.2) is 9.97 Å². The van der Waals surface area contributed by atoms with Gasteiger partial charge in [-0.3, -0.25) is 4.79 Å². The van der Waals surface area contributed by atoms with Gasteiger partial charge in [-0.15, -0.1) is 0 Å². The fourth-order valence-electron chi connectivity index (χ4n) is 3.65. The van der Waals surface area contributed by atoms with Gasteiger partial charge in [-0.2, -0.15) is 0 Å². The van der Waals surface area contributed by atoms with Crippen LogP contribution >= 0.6 is 23.2 Å². The number of fused-ring (bicyclic) bond motifs is 1. The van der Waals surface area contributed by atoms with Gasteiger partial charge in [0.25, 0.3) is 0 Å². The molecule has 0 unspecified atom stereocenters. The SMILES string of the molecule is O=C(O)CCOC[C@@H]1CCCN1c1cc(-n2ccnc2)c2ccc(Cl)c(Cl)c2n1. The summed E-state index contributed by atoms with van der Waals surface area (Å²) in [7, 11) is 0. The van der Waals surface area contributed by atoms with Crippen molar-refractivity contribution in [2.75, 3.05) is 24.7 Å². The van der Waals surface area contributed by atoms with Crippen LogP contribution in [0.4, 0.5) is 5.82 Å². The normalized spacial score (nSPS) is 16.6. The molecule has 3 aromatic rings. The second-order valence-corrected chi connectivity index (χ2v) is 7.72. The molecule has 0 spiro atoms. The Morgan fingerprint density at radius 1 is 1.34 bits per heavy atom. The van der Waals surface area contributed by atoms with Crippen molar-refractivity contribution in [2.24, 2.45) is 0 Å². The minimum Gasteiger partial charge on any atom is -0.481 e. The number of pyridine rings is 1. The zero-order valence-corrected chi connectivity index (χ0v) is 17.1. The number of aliphatic carboxylic acids is 1. The average molecular weight is 435 g/mol. The molecule has 4 rings (SSSR count). The summed E-state index contributed by atoms with van der Waals surface area (Å²) in [6.07, 6.45) is 7.29. The van der Waals surface area contributed by atoms with Crippen molar-refractivity contribution >= 4 is 45.9 Å². The number of nitrogens with zero attached hydrogens (tertiary/aromatic N) is 4. The van der Waals surface area contributed by atoms with Gasteiger partial charge in [0.2, 0.25) is 0 Å². The van der Waals surface area contributed by atoms with Gasteiger partial charge in [-0.1, -0.05) is 23.2 Å². The molecule has 1 aliphatic rings. The molecule has 1 aliphatic heterocycles. The molecule has 29 heavy (non-hydrogen) atoms. The maximum absolute atomic E-state index is 10.7. The maximum Gasteiger partial charge on any atom is 0.305 e. The molecule has 1 atom stereocenters. The molecule has 1 saturated heterocycles. The minimum absolute atomic E-state index is 0.000170. The van der Waals surface area contributed by atoms with Gasteiger partial charge < -0.3 is 19.3 Å². The molecule has 0 amide bonds. The molecule has 7 nitrogen and oxygen atoms in total. The van der Waals surface area contributed by atoms with Crippen molar-refractivity contribution in [1.82, 2.24) is 14.5 Å². The van der Waals surface area contributed by atoms with Gasteiger partial charge in [0.05, 0.1) is 53.3 Å². The molecule has 1 fully saturated rings. The van der Waals surface area contributed by atoms with E-state index in [1.807, 2.05) is 22.9 Å². The molecule has 3 heterocycles. The summed E-state index contributed by atoms with van der Waals surface area (Å²) in [5.41, 5.74) is 1.55. The van der Waals surface area contributed by atoms with Crippen LogP contribution < -0.4 is 4.90 Å². The topological polar surface area (TPSA) is 80.5 Å². The number of ether oxygens (including phenoxy) is 1. The first-order valence-electron chi connectivity index (χ1n) is 9.38. The van der Waals surface area contributed by atoms with Gasteiger partial charge in [0, 0.05) is 30.4 Å². The molecule has 0 radical (unpaired) electrons. The summed E-state index contributed by atoms with van der Waals surface area (Å²) in [6, 6.07) is 5.82. The minimum atomic E-state index is -0.860. The maximum atomic E-state index is 10.7. The van der Waals surface area contributed by atoms with Crippen LogP contribution in [0, 0.1) is 0 Å². The van der Waals surface area contributed by atoms with Crippen LogP contribution in [0.15, 0.2) is 36.9 Å². The fraction of sp³-hybridized carbons (Fsp3) is 0.350. The molecular weight excluding hydrogens is 415 g/mol. The zero-order chi connectivity index (χ0) is 20.4. The van der Waals surface area contributed by atoms with E-state index in [1.165, 1.54) is 0 Å². The number of rotatable bonds is 7. The van der Waals surface area contributed by atoms with Crippen molar-refractivity contribution in [3.8, 4) is 5.69 Å². The van der Waals surface area contributed by atoms with E-state index in [9.17, 15) is 4.79 Å². The first-order chi connectivity index (χ1) is 14.0. The van der Waals surface area contributed by atoms with Gasteiger partial charge in [-0.05, 0) is 25.0 Å². The Bertz CT molecular complexity index is 1030. The van der Waals surface area contributed by atoms with Crippen LogP contribution in [0.2, 0.25) is 10.0 Å². The standard InChI is InChI=1S/C20H20Cl2N4O3/c21-15-4-3-14-16(25-8-6-23-12-25)10-17(24-20(14)19(15)22)26-7-1-2-13(26)11-29-9-5-18(27)28/h3-4,6,8,10,12-13H,1-2,5,7,9,11H2,(H,27,28)/t13-/m0/s1. The lowest BCUT2D eigenvalue weighted by Gasteiger charge is -2.27. The Balaban J connectivity index is 1.69. The summed E-state index contributed by atoms with van der Waals surface area (Å²) < 4.78 is 7.52. The Hall–Kier alpha value is -2.35. The van der Waals surface area contributed by atoms with E-state index in [0.717, 1.165) is 36.3 Å². The van der Waals surface area contributed by atoms with Crippen LogP contribution in [-0.2, 0) is 9.53 Å². The lowest BCUT2D eigenvalue weighted by Crippen LogP contribution is -2.34. The van der Waals surface area contributed by atoms with E-state index in [-0.39, 0.29) is 19.1 Å². The summed E-state index contributed by atoms with van der Waals surface area (Å²) >= 11 is 12.7. The quantitative estimate of drug-likeness (QED) is 0.561. The largest absolute Gasteiger partial charge is 0.481 e. The molecule has 9 heteroatoms. The Labute approximate surface area is 177 Å². The van der Waals surface area contributed by atoms with Crippen molar-refractivity contribution in [3.63, 3.8) is 0 Å². The number of imidazole rings is 1. The first kappa shape index (κ1) is 19.9. The third-order valence-electron chi connectivity index (χ3n) is 5.06. The van der Waals surface area contributed by atoms with E-state index in [4.69, 9.17) is 38.0 Å². The second-order valence-electron chi connectivity index (χ2n) is 6.94. The molecule has 0 aliphatic carbocycles. The molecular formula is C20H20Cl2N4O3. The molecule has 0 saturated carbocycles. The molecule has 1 N–H and O–H groups in total. The lowest BCUT2D eigenvalue weighted by molar-refractivity contribution is -0.138. The van der Waals surface area contributed by atoms with Crippen LogP contribution in [0.3, 0.4) is 0 Å². The van der Waals surface area contributed by atoms with E-state index in [2.05, 4.69) is 9.88 Å². The number of carbonyl (C=O) groups is 1. The third kappa shape index (κ3) is 4.17. The third-order valence-corrected chi connectivity index (χ3v) is 5.86. The molecule has 2 aromatic heterocycles. The van der Waals surface area contributed by atoms with Gasteiger partial charge in [0.1, 0.15) is 5.82 Å². The van der Waals surface area contributed by atoms with E-state index >= 15 is 0 Å². The van der Waals surface area contributed by atoms with E-state index in [0.29, 0.717) is 22.2 Å². The Kier molecular flexibility index (Phi) is 5.89. The number of hydrogen-bond acceptors (Lipinski definition) is 5. The highest BCUT2D eigenvalue weighted by Gasteiger charge is 2.27. The Morgan fingerprint density at radius 2 is 2.21 bits per heavy atom. The van der Waals surface area contributed by atoms with E-state index in [1.54, 1.807) is 18.6 Å². The van der Waals surface area contributed by atoms with Crippen LogP contribution in [0.1, 0.15) is 19.3 Å². The number of halogens is 2. The van der Waals surface area contributed by atoms with Gasteiger partial charge in [0.15, 0.2) is 0 Å².